The third-order valence-corrected chi connectivity index (χ3v) is 8.80. The van der Waals surface area contributed by atoms with Gasteiger partial charge in [-0.3, -0.25) is 24.7 Å². The van der Waals surface area contributed by atoms with Crippen LogP contribution in [0.3, 0.4) is 0 Å². The lowest BCUT2D eigenvalue weighted by atomic mass is 10.2. The Labute approximate surface area is 243 Å². The van der Waals surface area contributed by atoms with E-state index >= 15 is 0 Å². The van der Waals surface area contributed by atoms with E-state index in [9.17, 15) is 18.0 Å². The number of aryl methyl sites for hydroxylation is 1. The molecule has 0 fully saturated rings. The van der Waals surface area contributed by atoms with Gasteiger partial charge >= 0.3 is 0 Å². The lowest BCUT2D eigenvalue weighted by Crippen LogP contribution is -2.42. The highest BCUT2D eigenvalue weighted by atomic mass is 32.2. The van der Waals surface area contributed by atoms with Crippen LogP contribution in [0.2, 0.25) is 0 Å². The Kier molecular flexibility index (Phi) is 8.16. The van der Waals surface area contributed by atoms with Crippen LogP contribution in [0.15, 0.2) is 71.6 Å². The van der Waals surface area contributed by atoms with Gasteiger partial charge in [0.2, 0.25) is 0 Å². The number of amides is 2. The molecule has 0 aliphatic carbocycles. The predicted molar refractivity (Wildman–Crippen MR) is 159 cm³/mol. The molecule has 42 heavy (non-hydrogen) atoms. The number of rotatable bonds is 9. The number of hydrogen-bond acceptors (Lipinski definition) is 7. The summed E-state index contributed by atoms with van der Waals surface area (Å²) in [5.41, 5.74) is 8.33. The van der Waals surface area contributed by atoms with Crippen LogP contribution in [0.25, 0.3) is 17.1 Å². The normalized spacial score (nSPS) is 12.9. The van der Waals surface area contributed by atoms with Crippen molar-refractivity contribution in [3.63, 3.8) is 0 Å². The molecule has 5 rings (SSSR count). The smallest absolute Gasteiger partial charge is 0.268 e. The Morgan fingerprint density at radius 2 is 1.79 bits per heavy atom. The summed E-state index contributed by atoms with van der Waals surface area (Å²) >= 11 is 0. The van der Waals surface area contributed by atoms with E-state index in [2.05, 4.69) is 15.8 Å². The van der Waals surface area contributed by atoms with Crippen LogP contribution in [0.4, 0.5) is 5.69 Å². The number of carbonyl (C=O) groups is 2. The van der Waals surface area contributed by atoms with Gasteiger partial charge in [-0.15, -0.1) is 0 Å². The van der Waals surface area contributed by atoms with Gasteiger partial charge in [-0.05, 0) is 54.0 Å². The maximum atomic E-state index is 13.8. The molecule has 1 aliphatic heterocycles. The fourth-order valence-corrected chi connectivity index (χ4v) is 6.72. The number of nitrogens with one attached hydrogen (secondary N) is 2. The van der Waals surface area contributed by atoms with E-state index in [1.165, 1.54) is 36.7 Å². The Morgan fingerprint density at radius 3 is 2.55 bits per heavy atom. The van der Waals surface area contributed by atoms with Gasteiger partial charge in [-0.1, -0.05) is 37.3 Å². The summed E-state index contributed by atoms with van der Waals surface area (Å²) in [6.45, 7) is 2.23. The molecule has 2 heterocycles. The number of hydrazine groups is 1. The fraction of sp³-hybridized carbons (Fsp3) is 0.233. The summed E-state index contributed by atoms with van der Waals surface area (Å²) in [5, 5.41) is 0. The van der Waals surface area contributed by atoms with Crippen LogP contribution in [-0.4, -0.2) is 50.5 Å². The topological polar surface area (TPSA) is 132 Å². The zero-order valence-electron chi connectivity index (χ0n) is 23.5. The van der Waals surface area contributed by atoms with Crippen molar-refractivity contribution >= 4 is 44.6 Å². The molecule has 12 heteroatoms. The minimum Gasteiger partial charge on any atom is -0.493 e. The van der Waals surface area contributed by atoms with Crippen LogP contribution in [-0.2, 0) is 39.0 Å². The first-order valence-electron chi connectivity index (χ1n) is 13.3. The Balaban J connectivity index is 1.32. The molecule has 11 nitrogen and oxygen atoms in total. The summed E-state index contributed by atoms with van der Waals surface area (Å²) in [4.78, 5) is 29.6. The average molecular weight is 590 g/mol. The number of carbonyl (C=O) groups excluding carboxylic acids is 2. The van der Waals surface area contributed by atoms with Gasteiger partial charge in [0.05, 0.1) is 30.9 Å². The Bertz CT molecular complexity index is 1800. The summed E-state index contributed by atoms with van der Waals surface area (Å²) in [7, 11) is -1.25. The molecule has 0 saturated carbocycles. The van der Waals surface area contributed by atoms with Crippen LogP contribution in [0, 0.1) is 0 Å². The van der Waals surface area contributed by atoms with Gasteiger partial charge < -0.3 is 14.0 Å². The lowest BCUT2D eigenvalue weighted by molar-refractivity contribution is -0.127. The van der Waals surface area contributed by atoms with Gasteiger partial charge in [0, 0.05) is 19.0 Å². The van der Waals surface area contributed by atoms with Crippen molar-refractivity contribution in [3.05, 3.63) is 83.7 Å². The molecule has 4 aromatic rings. The van der Waals surface area contributed by atoms with Crippen molar-refractivity contribution in [2.24, 2.45) is 0 Å². The maximum absolute atomic E-state index is 13.8. The number of nitrogens with zero attached hydrogens (tertiary/aromatic N) is 3. The van der Waals surface area contributed by atoms with E-state index in [1.807, 2.05) is 43.3 Å². The molecule has 2 N–H and O–H groups in total. The number of aromatic nitrogens is 2. The summed E-state index contributed by atoms with van der Waals surface area (Å²) in [6, 6.07) is 17.9. The van der Waals surface area contributed by atoms with Crippen molar-refractivity contribution in [1.82, 2.24) is 20.4 Å². The number of methoxy groups -OCH3 is 2. The molecule has 2 amide bonds. The molecule has 0 spiro atoms. The minimum absolute atomic E-state index is 0.0236. The van der Waals surface area contributed by atoms with Gasteiger partial charge in [0.25, 0.3) is 21.8 Å². The minimum atomic E-state index is -4.03. The van der Waals surface area contributed by atoms with Crippen LogP contribution in [0.1, 0.15) is 23.9 Å². The van der Waals surface area contributed by atoms with Crippen molar-refractivity contribution in [2.75, 3.05) is 25.1 Å². The zero-order valence-corrected chi connectivity index (χ0v) is 24.3. The predicted octanol–water partition coefficient (Wildman–Crippen LogP) is 3.23. The molecule has 3 aromatic carbocycles. The molecular formula is C30H31N5O6S. The number of ether oxygens (including phenoxy) is 2. The molecule has 1 aliphatic rings. The summed E-state index contributed by atoms with van der Waals surface area (Å²) in [6.07, 6.45) is 3.85. The SMILES string of the molecule is CCc1nc2ccccc2n1CC(=O)NNC(=O)/C=C/c1cc(OC)c(OC)c(S(=O)(=O)N2CCc3ccccc32)c1. The molecular weight excluding hydrogens is 558 g/mol. The molecule has 0 unspecified atom stereocenters. The van der Waals surface area contributed by atoms with Gasteiger partial charge in [-0.2, -0.15) is 0 Å². The number of anilines is 1. The molecule has 0 atom stereocenters. The monoisotopic (exact) mass is 589 g/mol. The van der Waals surface area contributed by atoms with Crippen LogP contribution in [0.5, 0.6) is 11.5 Å². The van der Waals surface area contributed by atoms with E-state index in [0.29, 0.717) is 30.6 Å². The number of fused-ring (bicyclic) bond motifs is 2. The van der Waals surface area contributed by atoms with Crippen LogP contribution < -0.4 is 24.6 Å². The maximum Gasteiger partial charge on any atom is 0.268 e. The number of sulfonamides is 1. The number of imidazole rings is 1. The van der Waals surface area contributed by atoms with Crippen LogP contribution >= 0.6 is 0 Å². The molecule has 1 aromatic heterocycles. The van der Waals surface area contributed by atoms with E-state index in [4.69, 9.17) is 9.47 Å². The highest BCUT2D eigenvalue weighted by Crippen LogP contribution is 2.40. The van der Waals surface area contributed by atoms with Crippen molar-refractivity contribution < 1.29 is 27.5 Å². The third kappa shape index (κ3) is 5.53. The lowest BCUT2D eigenvalue weighted by Gasteiger charge is -2.22. The molecule has 218 valence electrons. The van der Waals surface area contributed by atoms with Gasteiger partial charge in [0.15, 0.2) is 11.5 Å². The van der Waals surface area contributed by atoms with Gasteiger partial charge in [0.1, 0.15) is 17.3 Å². The first-order chi connectivity index (χ1) is 20.3. The van der Waals surface area contributed by atoms with E-state index in [1.54, 1.807) is 22.8 Å². The Morgan fingerprint density at radius 1 is 1.02 bits per heavy atom. The average Bonchev–Trinajstić information content (AvgIpc) is 3.60. The van der Waals surface area contributed by atoms with Crippen molar-refractivity contribution in [3.8, 4) is 11.5 Å². The highest BCUT2D eigenvalue weighted by molar-refractivity contribution is 7.93. The second kappa shape index (κ2) is 12.0. The highest BCUT2D eigenvalue weighted by Gasteiger charge is 2.34. The second-order valence-electron chi connectivity index (χ2n) is 9.54. The quantitative estimate of drug-likeness (QED) is 0.226. The van der Waals surface area contributed by atoms with E-state index < -0.39 is 21.8 Å². The third-order valence-electron chi connectivity index (χ3n) is 6.98. The number of hydrogen-bond donors (Lipinski definition) is 2. The summed E-state index contributed by atoms with van der Waals surface area (Å²) < 4.78 is 41.6. The standard InChI is InChI=1S/C30H31N5O6S/c1-4-27-31-22-10-6-8-12-24(22)34(27)19-29(37)33-32-28(36)14-13-20-17-25(40-2)30(41-3)26(18-20)42(38,39)35-16-15-21-9-5-7-11-23(21)35/h5-14,17-18H,4,15-16,19H2,1-3H3,(H,32,36)(H,33,37)/b14-13+. The number of benzene rings is 3. The summed E-state index contributed by atoms with van der Waals surface area (Å²) in [5.74, 6) is -0.0238. The molecule has 0 radical (unpaired) electrons. The first kappa shape index (κ1) is 28.7. The first-order valence-corrected chi connectivity index (χ1v) is 14.8. The fourth-order valence-electron chi connectivity index (χ4n) is 5.01. The molecule has 0 saturated heterocycles. The van der Waals surface area contributed by atoms with E-state index in [-0.39, 0.29) is 22.9 Å². The van der Waals surface area contributed by atoms with Crippen molar-refractivity contribution in [1.29, 1.82) is 0 Å². The van der Waals surface area contributed by atoms with Gasteiger partial charge in [-0.25, -0.2) is 13.4 Å². The largest absolute Gasteiger partial charge is 0.493 e. The number of para-hydroxylation sites is 3. The zero-order chi connectivity index (χ0) is 29.9. The van der Waals surface area contributed by atoms with E-state index in [0.717, 1.165) is 22.4 Å². The Hall–Kier alpha value is -4.84. The molecule has 0 bridgehead atoms. The second-order valence-corrected chi connectivity index (χ2v) is 11.4. The van der Waals surface area contributed by atoms with Crippen molar-refractivity contribution in [2.45, 2.75) is 31.2 Å².